The van der Waals surface area contributed by atoms with Gasteiger partial charge >= 0.3 is 0 Å². The molecule has 0 bridgehead atoms. The minimum absolute atomic E-state index is 0.482. The monoisotopic (exact) mass is 448 g/mol. The summed E-state index contributed by atoms with van der Waals surface area (Å²) in [7, 11) is 0. The lowest BCUT2D eigenvalue weighted by molar-refractivity contribution is 0.309. The van der Waals surface area contributed by atoms with Gasteiger partial charge in [-0.05, 0) is 59.5 Å². The second-order valence-corrected chi connectivity index (χ2v) is 8.85. The van der Waals surface area contributed by atoms with Crippen LogP contribution in [0.4, 0.5) is 5.95 Å². The van der Waals surface area contributed by atoms with Crippen LogP contribution in [0, 0.1) is 0 Å². The van der Waals surface area contributed by atoms with Crippen molar-refractivity contribution in [3.05, 3.63) is 64.6 Å². The van der Waals surface area contributed by atoms with Gasteiger partial charge in [-0.2, -0.15) is 0 Å². The van der Waals surface area contributed by atoms with E-state index in [1.54, 1.807) is 22.3 Å². The van der Waals surface area contributed by atoms with Gasteiger partial charge in [-0.3, -0.25) is 0 Å². The number of piperidine rings is 1. The number of thiazole rings is 1. The Morgan fingerprint density at radius 1 is 1.03 bits per heavy atom. The van der Waals surface area contributed by atoms with Gasteiger partial charge in [0.25, 0.3) is 0 Å². The molecule has 0 saturated carbocycles. The van der Waals surface area contributed by atoms with Crippen LogP contribution in [0.25, 0.3) is 5.69 Å². The molecule has 1 fully saturated rings. The molecule has 9 nitrogen and oxygen atoms in total. The maximum Gasteiger partial charge on any atom is 0.225 e. The first-order chi connectivity index (χ1) is 15.8. The fourth-order valence-electron chi connectivity index (χ4n) is 3.73. The maximum atomic E-state index is 5.94. The molecule has 0 atom stereocenters. The standard InChI is InChI=1S/C22H24N8OS/c1-2-16-11-24-22(25-12-16)29-9-7-17(8-10-29)21-23-13-20(32-21)14-31-19-5-3-18(4-6-19)30-15-26-27-28-30/h3-6,11-13,15,17H,2,7-10,14H2,1H3. The number of nitrogens with zero attached hydrogens (tertiary/aromatic N) is 8. The lowest BCUT2D eigenvalue weighted by atomic mass is 9.98. The molecule has 4 heterocycles. The minimum Gasteiger partial charge on any atom is -0.488 e. The molecule has 10 heteroatoms. The molecule has 1 saturated heterocycles. The zero-order valence-corrected chi connectivity index (χ0v) is 18.6. The van der Waals surface area contributed by atoms with Gasteiger partial charge in [-0.25, -0.2) is 19.6 Å². The van der Waals surface area contributed by atoms with Crippen molar-refractivity contribution < 1.29 is 4.74 Å². The number of tetrazole rings is 1. The quantitative estimate of drug-likeness (QED) is 0.424. The first kappa shape index (κ1) is 20.5. The molecule has 0 spiro atoms. The maximum absolute atomic E-state index is 5.94. The van der Waals surface area contributed by atoms with E-state index in [9.17, 15) is 0 Å². The molecule has 3 aromatic heterocycles. The Morgan fingerprint density at radius 2 is 1.81 bits per heavy atom. The molecule has 0 aliphatic carbocycles. The van der Waals surface area contributed by atoms with E-state index < -0.39 is 0 Å². The van der Waals surface area contributed by atoms with E-state index in [1.165, 1.54) is 10.6 Å². The largest absolute Gasteiger partial charge is 0.488 e. The summed E-state index contributed by atoms with van der Waals surface area (Å²) in [6.45, 7) is 4.54. The van der Waals surface area contributed by atoms with Crippen LogP contribution in [0.1, 0.15) is 41.1 Å². The number of aryl methyl sites for hydroxylation is 1. The molecule has 1 aliphatic rings. The summed E-state index contributed by atoms with van der Waals surface area (Å²) in [5, 5.41) is 12.4. The van der Waals surface area contributed by atoms with E-state index in [0.29, 0.717) is 12.5 Å². The number of hydrogen-bond acceptors (Lipinski definition) is 9. The smallest absolute Gasteiger partial charge is 0.225 e. The molecule has 0 unspecified atom stereocenters. The number of rotatable bonds is 7. The van der Waals surface area contributed by atoms with Crippen LogP contribution >= 0.6 is 11.3 Å². The second-order valence-electron chi connectivity index (χ2n) is 7.71. The Morgan fingerprint density at radius 3 is 2.50 bits per heavy atom. The van der Waals surface area contributed by atoms with Gasteiger partial charge < -0.3 is 9.64 Å². The van der Waals surface area contributed by atoms with Crippen LogP contribution < -0.4 is 9.64 Å². The van der Waals surface area contributed by atoms with Crippen LogP contribution in [-0.4, -0.2) is 48.2 Å². The predicted octanol–water partition coefficient (Wildman–Crippen LogP) is 3.43. The zero-order chi connectivity index (χ0) is 21.8. The third-order valence-electron chi connectivity index (χ3n) is 5.63. The molecule has 1 aromatic carbocycles. The Kier molecular flexibility index (Phi) is 6.02. The molecule has 5 rings (SSSR count). The Balaban J connectivity index is 1.13. The number of benzene rings is 1. The Labute approximate surface area is 190 Å². The second kappa shape index (κ2) is 9.39. The van der Waals surface area contributed by atoms with E-state index in [2.05, 4.69) is 42.3 Å². The van der Waals surface area contributed by atoms with Gasteiger partial charge in [0.2, 0.25) is 5.95 Å². The highest BCUT2D eigenvalue weighted by Crippen LogP contribution is 2.32. The normalized spacial score (nSPS) is 14.6. The average molecular weight is 449 g/mol. The lowest BCUT2D eigenvalue weighted by Gasteiger charge is -2.31. The first-order valence-electron chi connectivity index (χ1n) is 10.7. The number of aromatic nitrogens is 7. The van der Waals surface area contributed by atoms with E-state index in [0.717, 1.165) is 54.6 Å². The van der Waals surface area contributed by atoms with Crippen LogP contribution in [0.5, 0.6) is 5.75 Å². The van der Waals surface area contributed by atoms with Gasteiger partial charge in [0.05, 0.1) is 15.6 Å². The fraction of sp³-hybridized carbons (Fsp3) is 0.364. The summed E-state index contributed by atoms with van der Waals surface area (Å²) >= 11 is 1.75. The van der Waals surface area contributed by atoms with E-state index in [1.807, 2.05) is 42.9 Å². The van der Waals surface area contributed by atoms with E-state index in [4.69, 9.17) is 4.74 Å². The third-order valence-corrected chi connectivity index (χ3v) is 6.76. The van der Waals surface area contributed by atoms with Crippen molar-refractivity contribution in [3.8, 4) is 11.4 Å². The van der Waals surface area contributed by atoms with Gasteiger partial charge in [0.15, 0.2) is 0 Å². The van der Waals surface area contributed by atoms with Crippen molar-refractivity contribution in [2.45, 2.75) is 38.7 Å². The highest BCUT2D eigenvalue weighted by molar-refractivity contribution is 7.11. The molecule has 0 N–H and O–H groups in total. The summed E-state index contributed by atoms with van der Waals surface area (Å²) in [6, 6.07) is 7.70. The summed E-state index contributed by atoms with van der Waals surface area (Å²) < 4.78 is 7.55. The molecular formula is C22H24N8OS. The SMILES string of the molecule is CCc1cnc(N2CCC(c3ncc(COc4ccc(-n5cnnn5)cc4)s3)CC2)nc1. The van der Waals surface area contributed by atoms with Crippen molar-refractivity contribution in [3.63, 3.8) is 0 Å². The zero-order valence-electron chi connectivity index (χ0n) is 17.8. The highest BCUT2D eigenvalue weighted by Gasteiger charge is 2.24. The number of anilines is 1. The highest BCUT2D eigenvalue weighted by atomic mass is 32.1. The van der Waals surface area contributed by atoms with Crippen molar-refractivity contribution in [2.75, 3.05) is 18.0 Å². The van der Waals surface area contributed by atoms with E-state index >= 15 is 0 Å². The molecule has 0 radical (unpaired) electrons. The van der Waals surface area contributed by atoms with Gasteiger partial charge in [0.1, 0.15) is 18.7 Å². The van der Waals surface area contributed by atoms with E-state index in [-0.39, 0.29) is 0 Å². The summed E-state index contributed by atoms with van der Waals surface area (Å²) in [5.74, 6) is 2.12. The summed E-state index contributed by atoms with van der Waals surface area (Å²) in [5.41, 5.74) is 2.06. The van der Waals surface area contributed by atoms with Gasteiger partial charge in [0, 0.05) is 37.6 Å². The molecule has 4 aromatic rings. The van der Waals surface area contributed by atoms with Crippen LogP contribution in [0.2, 0.25) is 0 Å². The van der Waals surface area contributed by atoms with Crippen molar-refractivity contribution in [1.29, 1.82) is 0 Å². The van der Waals surface area contributed by atoms with Gasteiger partial charge in [-0.1, -0.05) is 6.92 Å². The fourth-order valence-corrected chi connectivity index (χ4v) is 4.73. The Hall–Kier alpha value is -3.40. The minimum atomic E-state index is 0.482. The molecule has 32 heavy (non-hydrogen) atoms. The number of ether oxygens (including phenoxy) is 1. The van der Waals surface area contributed by atoms with Crippen LogP contribution in [-0.2, 0) is 13.0 Å². The summed E-state index contributed by atoms with van der Waals surface area (Å²) in [6.07, 6.45) is 10.4. The summed E-state index contributed by atoms with van der Waals surface area (Å²) in [4.78, 5) is 17.1. The topological polar surface area (TPSA) is 94.7 Å². The van der Waals surface area contributed by atoms with Crippen molar-refractivity contribution in [1.82, 2.24) is 35.2 Å². The first-order valence-corrected chi connectivity index (χ1v) is 11.6. The van der Waals surface area contributed by atoms with Crippen LogP contribution in [0.15, 0.2) is 49.2 Å². The lowest BCUT2D eigenvalue weighted by Crippen LogP contribution is -2.34. The Bertz CT molecular complexity index is 1120. The molecular weight excluding hydrogens is 424 g/mol. The number of hydrogen-bond donors (Lipinski definition) is 0. The van der Waals surface area contributed by atoms with Gasteiger partial charge in [-0.15, -0.1) is 16.4 Å². The van der Waals surface area contributed by atoms with Crippen LogP contribution in [0.3, 0.4) is 0 Å². The molecule has 0 amide bonds. The predicted molar refractivity (Wildman–Crippen MR) is 121 cm³/mol. The van der Waals surface area contributed by atoms with Crippen molar-refractivity contribution in [2.24, 2.45) is 0 Å². The molecule has 164 valence electrons. The third kappa shape index (κ3) is 4.59. The molecule has 1 aliphatic heterocycles. The van der Waals surface area contributed by atoms with Crippen molar-refractivity contribution >= 4 is 17.3 Å². The average Bonchev–Trinajstić information content (AvgIpc) is 3.56.